The molecule has 188 valence electrons. The molecule has 0 aromatic rings. The summed E-state index contributed by atoms with van der Waals surface area (Å²) in [4.78, 5) is 0. The summed E-state index contributed by atoms with van der Waals surface area (Å²) in [6, 6.07) is 0. The third kappa shape index (κ3) is 4.84. The summed E-state index contributed by atoms with van der Waals surface area (Å²) in [5.41, 5.74) is 1.97. The smallest absolute Gasteiger partial charge is 0.172 e. The van der Waals surface area contributed by atoms with Gasteiger partial charge in [0.05, 0.1) is 17.8 Å². The molecule has 0 amide bonds. The van der Waals surface area contributed by atoms with E-state index >= 15 is 0 Å². The Morgan fingerprint density at radius 2 is 1.82 bits per heavy atom. The van der Waals surface area contributed by atoms with Crippen LogP contribution in [0.3, 0.4) is 0 Å². The summed E-state index contributed by atoms with van der Waals surface area (Å²) in [6.07, 6.45) is 8.63. The van der Waals surface area contributed by atoms with Crippen molar-refractivity contribution in [2.75, 3.05) is 0 Å². The van der Waals surface area contributed by atoms with E-state index in [1.807, 2.05) is 0 Å². The predicted molar refractivity (Wildman–Crippen MR) is 137 cm³/mol. The van der Waals surface area contributed by atoms with Gasteiger partial charge in [0.25, 0.3) is 0 Å². The molecule has 9 atom stereocenters. The molecule has 9 unspecified atom stereocenters. The first-order chi connectivity index (χ1) is 15.3. The van der Waals surface area contributed by atoms with Crippen LogP contribution in [0.15, 0.2) is 23.9 Å². The Labute approximate surface area is 203 Å². The van der Waals surface area contributed by atoms with Crippen LogP contribution in [0.4, 0.5) is 0 Å². The lowest BCUT2D eigenvalue weighted by Gasteiger charge is -2.55. The number of aliphatic hydroxyl groups is 4. The zero-order valence-corrected chi connectivity index (χ0v) is 22.0. The third-order valence-corrected chi connectivity index (χ3v) is 10.9. The maximum atomic E-state index is 10.5. The molecule has 3 aliphatic carbocycles. The molecular weight excluding hydrogens is 411 g/mol. The van der Waals surface area contributed by atoms with Gasteiger partial charge in [-0.05, 0) is 91.8 Å². The minimum absolute atomic E-state index is 0.170. The van der Waals surface area contributed by atoms with Gasteiger partial charge in [0, 0.05) is 6.42 Å². The summed E-state index contributed by atoms with van der Waals surface area (Å²) in [5, 5.41) is 40.8. The number of fused-ring (bicyclic) bond motifs is 1. The van der Waals surface area contributed by atoms with Crippen molar-refractivity contribution in [1.29, 1.82) is 0 Å². The van der Waals surface area contributed by atoms with E-state index in [0.29, 0.717) is 35.0 Å². The molecule has 0 aromatic heterocycles. The van der Waals surface area contributed by atoms with Crippen molar-refractivity contribution >= 4 is 7.85 Å². The summed E-state index contributed by atoms with van der Waals surface area (Å²) in [6.45, 7) is 14.8. The molecule has 3 rings (SSSR count). The van der Waals surface area contributed by atoms with Gasteiger partial charge >= 0.3 is 0 Å². The third-order valence-electron chi connectivity index (χ3n) is 10.9. The molecule has 0 spiro atoms. The summed E-state index contributed by atoms with van der Waals surface area (Å²) in [5.74, 6) is 2.48. The Morgan fingerprint density at radius 3 is 2.42 bits per heavy atom. The fourth-order valence-electron chi connectivity index (χ4n) is 8.58. The Kier molecular flexibility index (Phi) is 7.89. The molecule has 0 saturated heterocycles. The van der Waals surface area contributed by atoms with Crippen LogP contribution in [-0.4, -0.2) is 40.2 Å². The average Bonchev–Trinajstić information content (AvgIpc) is 3.11. The van der Waals surface area contributed by atoms with Gasteiger partial charge in [-0.25, -0.2) is 0 Å². The number of aliphatic hydroxyl groups excluding tert-OH is 2. The molecule has 5 heteroatoms. The van der Waals surface area contributed by atoms with E-state index in [2.05, 4.69) is 48.1 Å². The normalized spacial score (nSPS) is 42.7. The molecule has 0 aromatic carbocycles. The minimum atomic E-state index is -1.91. The van der Waals surface area contributed by atoms with Crippen LogP contribution < -0.4 is 0 Å². The maximum absolute atomic E-state index is 10.5. The lowest BCUT2D eigenvalue weighted by atomic mass is 9.49. The first-order valence-electron chi connectivity index (χ1n) is 13.4. The lowest BCUT2D eigenvalue weighted by Crippen LogP contribution is -2.48. The summed E-state index contributed by atoms with van der Waals surface area (Å²) >= 11 is 0. The first-order valence-corrected chi connectivity index (χ1v) is 13.4. The molecular formula is C28H49BO4. The van der Waals surface area contributed by atoms with Gasteiger partial charge in [0.15, 0.2) is 5.79 Å². The molecule has 3 saturated carbocycles. The van der Waals surface area contributed by atoms with Crippen LogP contribution in [0, 0.1) is 46.3 Å². The molecule has 0 bridgehead atoms. The molecule has 4 N–H and O–H groups in total. The number of rotatable bonds is 7. The van der Waals surface area contributed by atoms with E-state index in [0.717, 1.165) is 25.7 Å². The van der Waals surface area contributed by atoms with Crippen LogP contribution in [0.25, 0.3) is 0 Å². The van der Waals surface area contributed by atoms with Crippen LogP contribution in [-0.2, 0) is 0 Å². The monoisotopic (exact) mass is 460 g/mol. The molecule has 0 heterocycles. The van der Waals surface area contributed by atoms with E-state index in [-0.39, 0.29) is 23.7 Å². The van der Waals surface area contributed by atoms with Gasteiger partial charge in [0.1, 0.15) is 7.85 Å². The Hall–Kier alpha value is -0.775. The van der Waals surface area contributed by atoms with Gasteiger partial charge in [-0.1, -0.05) is 46.8 Å². The highest BCUT2D eigenvalue weighted by molar-refractivity contribution is 6.17. The quantitative estimate of drug-likeness (QED) is 0.247. The van der Waals surface area contributed by atoms with Crippen LogP contribution in [0.2, 0.25) is 0 Å². The molecule has 33 heavy (non-hydrogen) atoms. The van der Waals surface area contributed by atoms with E-state index < -0.39 is 11.7 Å². The molecule has 0 radical (unpaired) electrons. The van der Waals surface area contributed by atoms with Gasteiger partial charge in [-0.3, -0.25) is 0 Å². The van der Waals surface area contributed by atoms with Crippen molar-refractivity contribution in [1.82, 2.24) is 0 Å². The first kappa shape index (κ1) is 26.8. The van der Waals surface area contributed by atoms with Crippen LogP contribution in [0.5, 0.6) is 0 Å². The highest BCUT2D eigenvalue weighted by atomic mass is 16.5. The largest absolute Gasteiger partial charge is 0.512 e. The molecule has 0 aliphatic heterocycles. The van der Waals surface area contributed by atoms with Crippen molar-refractivity contribution in [2.24, 2.45) is 46.3 Å². The average molecular weight is 461 g/mol. The topological polar surface area (TPSA) is 80.9 Å². The van der Waals surface area contributed by atoms with E-state index in [1.165, 1.54) is 31.3 Å². The Bertz CT molecular complexity index is 748. The van der Waals surface area contributed by atoms with Crippen molar-refractivity contribution in [3.8, 4) is 0 Å². The second-order valence-electron chi connectivity index (χ2n) is 12.5. The predicted octanol–water partition coefficient (Wildman–Crippen LogP) is 4.94. The van der Waals surface area contributed by atoms with Crippen molar-refractivity contribution in [3.63, 3.8) is 0 Å². The molecule has 3 fully saturated rings. The van der Waals surface area contributed by atoms with Crippen LogP contribution in [0.1, 0.15) is 92.4 Å². The Balaban J connectivity index is 1.71. The van der Waals surface area contributed by atoms with Gasteiger partial charge < -0.3 is 20.4 Å². The van der Waals surface area contributed by atoms with E-state index in [9.17, 15) is 20.4 Å². The highest BCUT2D eigenvalue weighted by Crippen LogP contribution is 2.65. The zero-order chi connectivity index (χ0) is 24.8. The summed E-state index contributed by atoms with van der Waals surface area (Å²) < 4.78 is 0. The fraction of sp³-hybridized carbons (Fsp3) is 0.857. The second-order valence-corrected chi connectivity index (χ2v) is 12.5. The highest BCUT2D eigenvalue weighted by Gasteiger charge is 2.57. The van der Waals surface area contributed by atoms with Gasteiger partial charge in [0.2, 0.25) is 0 Å². The molecule has 4 nitrogen and oxygen atoms in total. The van der Waals surface area contributed by atoms with Crippen molar-refractivity contribution in [2.45, 2.75) is 104 Å². The lowest BCUT2D eigenvalue weighted by molar-refractivity contribution is -0.200. The van der Waals surface area contributed by atoms with E-state index in [1.54, 1.807) is 6.92 Å². The number of hydrogen-bond donors (Lipinski definition) is 4. The fourth-order valence-corrected chi connectivity index (χ4v) is 8.58. The van der Waals surface area contributed by atoms with Crippen molar-refractivity contribution in [3.05, 3.63) is 23.9 Å². The second kappa shape index (κ2) is 9.70. The number of hydrogen-bond acceptors (Lipinski definition) is 4. The van der Waals surface area contributed by atoms with Gasteiger partial charge in [-0.15, -0.1) is 5.98 Å². The maximum Gasteiger partial charge on any atom is 0.172 e. The summed E-state index contributed by atoms with van der Waals surface area (Å²) in [7, 11) is 2.14. The van der Waals surface area contributed by atoms with E-state index in [4.69, 9.17) is 0 Å². The van der Waals surface area contributed by atoms with Gasteiger partial charge in [-0.2, -0.15) is 0 Å². The SMILES string of the molecule is B/C=C1/CC(O)CCC1(C)C1CCC2(C)C(C(C)CCC(O)(O)C(C)C(=C)O)CCC2C1C. The van der Waals surface area contributed by atoms with Crippen molar-refractivity contribution < 1.29 is 20.4 Å². The molecule has 3 aliphatic rings. The Morgan fingerprint density at radius 1 is 1.15 bits per heavy atom. The van der Waals surface area contributed by atoms with Crippen LogP contribution >= 0.6 is 0 Å². The zero-order valence-electron chi connectivity index (χ0n) is 22.0. The standard InChI is InChI=1S/C28H49BO4/c1-17(9-14-28(32,33)19(3)20(4)30)23-7-8-24-18(2)25(11-13-27(23,24)6)26(5)12-10-22(31)15-21(26)16-29/h16-19,22-25,30-33H,4,7-15,29H2,1-3,5-6H3/b21-16-. The minimum Gasteiger partial charge on any atom is -0.512 e.